The Labute approximate surface area is 405 Å². The van der Waals surface area contributed by atoms with Crippen LogP contribution in [-0.2, 0) is 19.1 Å². The molecule has 0 saturated heterocycles. The molecule has 0 amide bonds. The van der Waals surface area contributed by atoms with Gasteiger partial charge in [0.25, 0.3) is 0 Å². The second kappa shape index (κ2) is 54.9. The monoisotopic (exact) mass is 907 g/mol. The number of aliphatic hydroxyl groups is 1. The zero-order chi connectivity index (χ0) is 47.7. The molecule has 368 valence electrons. The molecular formula is C61H94O5. The molecule has 0 aliphatic rings. The molecule has 0 aromatic rings. The van der Waals surface area contributed by atoms with Crippen LogP contribution in [0.2, 0.25) is 0 Å². The normalized spacial score (nSPS) is 13.6. The smallest absolute Gasteiger partial charge is 0.306 e. The molecule has 0 radical (unpaired) electrons. The molecule has 1 N–H and O–H groups in total. The van der Waals surface area contributed by atoms with E-state index in [0.717, 1.165) is 135 Å². The van der Waals surface area contributed by atoms with Gasteiger partial charge in [0.15, 0.2) is 6.10 Å². The second-order valence-electron chi connectivity index (χ2n) is 16.5. The quantitative estimate of drug-likeness (QED) is 0.0374. The van der Waals surface area contributed by atoms with E-state index >= 15 is 0 Å². The van der Waals surface area contributed by atoms with Crippen molar-refractivity contribution in [2.24, 2.45) is 0 Å². The van der Waals surface area contributed by atoms with Crippen LogP contribution in [0.15, 0.2) is 158 Å². The van der Waals surface area contributed by atoms with Crippen molar-refractivity contribution in [1.82, 2.24) is 0 Å². The Morgan fingerprint density at radius 1 is 0.348 bits per heavy atom. The van der Waals surface area contributed by atoms with E-state index in [-0.39, 0.29) is 25.2 Å². The van der Waals surface area contributed by atoms with Crippen molar-refractivity contribution in [3.63, 3.8) is 0 Å². The van der Waals surface area contributed by atoms with Gasteiger partial charge in [-0.2, -0.15) is 0 Å². The summed E-state index contributed by atoms with van der Waals surface area (Å²) in [4.78, 5) is 24.5. The van der Waals surface area contributed by atoms with Crippen LogP contribution >= 0.6 is 0 Å². The zero-order valence-corrected chi connectivity index (χ0v) is 41.9. The van der Waals surface area contributed by atoms with E-state index < -0.39 is 6.10 Å². The lowest BCUT2D eigenvalue weighted by atomic mass is 10.1. The summed E-state index contributed by atoms with van der Waals surface area (Å²) in [6.45, 7) is 3.86. The summed E-state index contributed by atoms with van der Waals surface area (Å²) in [6, 6.07) is 0. The van der Waals surface area contributed by atoms with Gasteiger partial charge in [-0.3, -0.25) is 9.59 Å². The van der Waals surface area contributed by atoms with E-state index in [1.165, 1.54) is 32.1 Å². The van der Waals surface area contributed by atoms with Crippen molar-refractivity contribution in [2.75, 3.05) is 13.2 Å². The Bertz CT molecular complexity index is 1490. The van der Waals surface area contributed by atoms with E-state index in [1.54, 1.807) is 0 Å². The fourth-order valence-electron chi connectivity index (χ4n) is 6.48. The second-order valence-corrected chi connectivity index (χ2v) is 16.5. The van der Waals surface area contributed by atoms with Gasteiger partial charge in [-0.1, -0.05) is 217 Å². The van der Waals surface area contributed by atoms with Crippen molar-refractivity contribution in [3.05, 3.63) is 158 Å². The van der Waals surface area contributed by atoms with Crippen LogP contribution in [-0.4, -0.2) is 36.4 Å². The Hall–Kier alpha value is -4.48. The summed E-state index contributed by atoms with van der Waals surface area (Å²) in [7, 11) is 0. The minimum absolute atomic E-state index is 0.0954. The van der Waals surface area contributed by atoms with E-state index in [2.05, 4.69) is 172 Å². The molecule has 0 heterocycles. The van der Waals surface area contributed by atoms with Crippen LogP contribution < -0.4 is 0 Å². The van der Waals surface area contributed by atoms with Gasteiger partial charge in [0.2, 0.25) is 0 Å². The topological polar surface area (TPSA) is 72.8 Å². The van der Waals surface area contributed by atoms with Gasteiger partial charge >= 0.3 is 11.9 Å². The molecule has 0 fully saturated rings. The van der Waals surface area contributed by atoms with Gasteiger partial charge in [0, 0.05) is 12.8 Å². The van der Waals surface area contributed by atoms with Gasteiger partial charge in [0.05, 0.1) is 6.61 Å². The highest BCUT2D eigenvalue weighted by molar-refractivity contribution is 5.70. The predicted octanol–water partition coefficient (Wildman–Crippen LogP) is 17.6. The lowest BCUT2D eigenvalue weighted by molar-refractivity contribution is -0.161. The maximum absolute atomic E-state index is 12.3. The minimum atomic E-state index is -0.807. The Morgan fingerprint density at radius 3 is 0.924 bits per heavy atom. The van der Waals surface area contributed by atoms with Crippen LogP contribution in [0.4, 0.5) is 0 Å². The maximum Gasteiger partial charge on any atom is 0.306 e. The molecule has 0 rings (SSSR count). The molecule has 0 aliphatic heterocycles. The summed E-state index contributed by atoms with van der Waals surface area (Å²) < 4.78 is 10.6. The van der Waals surface area contributed by atoms with Crippen molar-refractivity contribution < 1.29 is 24.2 Å². The number of carbonyl (C=O) groups is 2. The molecule has 0 aliphatic carbocycles. The Balaban J connectivity index is 3.69. The van der Waals surface area contributed by atoms with Crippen LogP contribution in [0.25, 0.3) is 0 Å². The third-order valence-corrected chi connectivity index (χ3v) is 10.3. The summed E-state index contributed by atoms with van der Waals surface area (Å²) in [6.07, 6.45) is 84.7. The molecule has 5 heteroatoms. The molecule has 0 spiro atoms. The molecule has 1 atom stereocenters. The molecular weight excluding hydrogens is 813 g/mol. The Kier molecular flexibility index (Phi) is 51.1. The van der Waals surface area contributed by atoms with E-state index in [0.29, 0.717) is 12.8 Å². The molecule has 0 aromatic carbocycles. The highest BCUT2D eigenvalue weighted by Gasteiger charge is 2.16. The summed E-state index contributed by atoms with van der Waals surface area (Å²) >= 11 is 0. The lowest BCUT2D eigenvalue weighted by Crippen LogP contribution is -2.28. The SMILES string of the molecule is CC/C=C\C/C=C\C/C=C\C/C=C\C/C=C\C/C=C\C/C=C\C/C=C\C/C=C\CCCCCC(=O)OC(CO)COC(=O)CCCCCCCCCC/C=C\C/C=C\C/C=C\C/C=C\CC. The van der Waals surface area contributed by atoms with Crippen molar-refractivity contribution in [3.8, 4) is 0 Å². The highest BCUT2D eigenvalue weighted by Crippen LogP contribution is 2.12. The number of hydrogen-bond donors (Lipinski definition) is 1. The minimum Gasteiger partial charge on any atom is -0.462 e. The number of esters is 2. The maximum atomic E-state index is 12.3. The summed E-state index contributed by atoms with van der Waals surface area (Å²) in [5.41, 5.74) is 0. The van der Waals surface area contributed by atoms with Crippen LogP contribution in [0.5, 0.6) is 0 Å². The van der Waals surface area contributed by atoms with Gasteiger partial charge in [-0.05, 0) is 122 Å². The first-order valence-corrected chi connectivity index (χ1v) is 26.0. The average molecular weight is 907 g/mol. The number of rotatable bonds is 45. The standard InChI is InChI=1S/C61H94O5/c1-3-5-7-9-11-13-15-17-19-21-23-25-26-27-28-29-30-31-32-33-34-36-38-40-42-44-46-48-50-52-54-56-61(64)66-59(57-62)58-65-60(63)55-53-51-49-47-45-43-41-39-37-35-24-22-20-18-16-14-12-10-8-6-4-2/h5-8,11-14,17-20,23-25,27-28,30-31,33-35,38,40,44,46,59,62H,3-4,9-10,15-16,21-22,26,29,32,36-37,39,41-43,45,47-58H2,1-2H3/b7-5-,8-6-,13-11-,14-12-,19-17-,20-18-,25-23-,28-27-,31-30-,34-33-,35-24-,40-38-,46-44-. The molecule has 1 unspecified atom stereocenters. The number of allylic oxidation sites excluding steroid dienone is 26. The fourth-order valence-corrected chi connectivity index (χ4v) is 6.48. The predicted molar refractivity (Wildman–Crippen MR) is 287 cm³/mol. The number of unbranched alkanes of at least 4 members (excludes halogenated alkanes) is 11. The van der Waals surface area contributed by atoms with Crippen LogP contribution in [0.1, 0.15) is 194 Å². The first-order chi connectivity index (χ1) is 32.6. The fraction of sp³-hybridized carbons (Fsp3) is 0.541. The van der Waals surface area contributed by atoms with Crippen molar-refractivity contribution in [2.45, 2.75) is 200 Å². The molecule has 66 heavy (non-hydrogen) atoms. The third-order valence-electron chi connectivity index (χ3n) is 10.3. The van der Waals surface area contributed by atoms with Gasteiger partial charge in [-0.15, -0.1) is 0 Å². The van der Waals surface area contributed by atoms with E-state index in [1.807, 2.05) is 0 Å². The van der Waals surface area contributed by atoms with E-state index in [4.69, 9.17) is 9.47 Å². The number of aliphatic hydroxyl groups excluding tert-OH is 1. The van der Waals surface area contributed by atoms with Gasteiger partial charge in [-0.25, -0.2) is 0 Å². The van der Waals surface area contributed by atoms with Crippen molar-refractivity contribution in [1.29, 1.82) is 0 Å². The molecule has 5 nitrogen and oxygen atoms in total. The van der Waals surface area contributed by atoms with Crippen LogP contribution in [0.3, 0.4) is 0 Å². The summed E-state index contributed by atoms with van der Waals surface area (Å²) in [5.74, 6) is -0.652. The molecule has 0 saturated carbocycles. The van der Waals surface area contributed by atoms with E-state index in [9.17, 15) is 14.7 Å². The third kappa shape index (κ3) is 52.1. The van der Waals surface area contributed by atoms with Crippen LogP contribution in [0, 0.1) is 0 Å². The summed E-state index contributed by atoms with van der Waals surface area (Å²) in [5, 5.41) is 9.63. The average Bonchev–Trinajstić information content (AvgIpc) is 3.32. The molecule has 0 aromatic heterocycles. The molecule has 0 bridgehead atoms. The van der Waals surface area contributed by atoms with Gasteiger partial charge in [0.1, 0.15) is 6.61 Å². The Morgan fingerprint density at radius 2 is 0.606 bits per heavy atom. The first kappa shape index (κ1) is 61.5. The number of ether oxygens (including phenoxy) is 2. The highest BCUT2D eigenvalue weighted by atomic mass is 16.6. The first-order valence-electron chi connectivity index (χ1n) is 26.0. The largest absolute Gasteiger partial charge is 0.462 e. The number of hydrogen-bond acceptors (Lipinski definition) is 5. The lowest BCUT2D eigenvalue weighted by Gasteiger charge is -2.15. The van der Waals surface area contributed by atoms with Gasteiger partial charge < -0.3 is 14.6 Å². The zero-order valence-electron chi connectivity index (χ0n) is 41.9. The number of carbonyl (C=O) groups excluding carboxylic acids is 2. The van der Waals surface area contributed by atoms with Crippen molar-refractivity contribution >= 4 is 11.9 Å².